The Kier molecular flexibility index (Phi) is 3.90. The molecule has 0 aromatic carbocycles. The molecule has 1 heterocycles. The van der Waals surface area contributed by atoms with Crippen LogP contribution >= 0.6 is 0 Å². The van der Waals surface area contributed by atoms with Crippen LogP contribution in [0.15, 0.2) is 4.52 Å². The molecule has 1 saturated carbocycles. The van der Waals surface area contributed by atoms with Gasteiger partial charge in [-0.25, -0.2) is 0 Å². The monoisotopic (exact) mass is 225 g/mol. The van der Waals surface area contributed by atoms with E-state index in [1.165, 1.54) is 12.8 Å². The van der Waals surface area contributed by atoms with E-state index in [0.29, 0.717) is 18.3 Å². The molecule has 1 N–H and O–H groups in total. The van der Waals surface area contributed by atoms with E-state index in [1.54, 1.807) is 0 Å². The lowest BCUT2D eigenvalue weighted by molar-refractivity contribution is 0.0683. The largest absolute Gasteiger partial charge is 0.371 e. The first-order chi connectivity index (χ1) is 7.79. The molecule has 5 nitrogen and oxygen atoms in total. The Morgan fingerprint density at radius 3 is 3.06 bits per heavy atom. The van der Waals surface area contributed by atoms with Crippen LogP contribution in [0.1, 0.15) is 44.5 Å². The molecule has 1 aliphatic rings. The summed E-state index contributed by atoms with van der Waals surface area (Å²) in [7, 11) is 0. The topological polar surface area (TPSA) is 60.2 Å². The molecule has 0 amide bonds. The summed E-state index contributed by atoms with van der Waals surface area (Å²) in [5.41, 5.74) is 0. The average molecular weight is 225 g/mol. The highest BCUT2D eigenvalue weighted by Gasteiger charge is 2.20. The molecule has 1 aromatic heterocycles. The van der Waals surface area contributed by atoms with Gasteiger partial charge in [0, 0.05) is 25.6 Å². The molecule has 0 saturated heterocycles. The van der Waals surface area contributed by atoms with E-state index < -0.39 is 0 Å². The highest BCUT2D eigenvalue weighted by atomic mass is 16.5. The summed E-state index contributed by atoms with van der Waals surface area (Å²) >= 11 is 0. The molecule has 2 rings (SSSR count). The van der Waals surface area contributed by atoms with Crippen LogP contribution in [0, 0.1) is 0 Å². The van der Waals surface area contributed by atoms with E-state index in [9.17, 15) is 0 Å². The van der Waals surface area contributed by atoms with Gasteiger partial charge in [-0.2, -0.15) is 4.98 Å². The maximum absolute atomic E-state index is 5.39. The standard InChI is InChI=1S/C11H19N3O2/c1-3-15-8(2)11-13-10(16-14-11)6-7-12-9-4-5-9/h8-9,12H,3-7H2,1-2H3. The summed E-state index contributed by atoms with van der Waals surface area (Å²) in [6.45, 7) is 5.46. The third-order valence-corrected chi connectivity index (χ3v) is 2.61. The number of ether oxygens (including phenoxy) is 1. The summed E-state index contributed by atoms with van der Waals surface area (Å²) in [6, 6.07) is 0.727. The highest BCUT2D eigenvalue weighted by Crippen LogP contribution is 2.18. The molecule has 0 bridgehead atoms. The van der Waals surface area contributed by atoms with Gasteiger partial charge in [0.05, 0.1) is 0 Å². The molecule has 16 heavy (non-hydrogen) atoms. The second-order valence-corrected chi connectivity index (χ2v) is 4.12. The van der Waals surface area contributed by atoms with Crippen molar-refractivity contribution in [2.24, 2.45) is 0 Å². The van der Waals surface area contributed by atoms with Crippen molar-refractivity contribution in [2.75, 3.05) is 13.2 Å². The Hall–Kier alpha value is -0.940. The lowest BCUT2D eigenvalue weighted by Gasteiger charge is -2.04. The van der Waals surface area contributed by atoms with Crippen LogP contribution in [-0.4, -0.2) is 29.3 Å². The average Bonchev–Trinajstić information content (AvgIpc) is 2.95. The predicted octanol–water partition coefficient (Wildman–Crippen LogP) is 1.46. The summed E-state index contributed by atoms with van der Waals surface area (Å²) < 4.78 is 10.5. The van der Waals surface area contributed by atoms with E-state index in [0.717, 1.165) is 19.0 Å². The minimum absolute atomic E-state index is 0.0844. The lowest BCUT2D eigenvalue weighted by atomic mass is 10.4. The van der Waals surface area contributed by atoms with Gasteiger partial charge in [-0.05, 0) is 26.7 Å². The molecule has 1 aromatic rings. The van der Waals surface area contributed by atoms with Gasteiger partial charge in [0.2, 0.25) is 5.89 Å². The van der Waals surface area contributed by atoms with E-state index in [4.69, 9.17) is 9.26 Å². The fourth-order valence-electron chi connectivity index (χ4n) is 1.53. The Morgan fingerprint density at radius 2 is 2.38 bits per heavy atom. The zero-order valence-corrected chi connectivity index (χ0v) is 9.90. The summed E-state index contributed by atoms with van der Waals surface area (Å²) in [5, 5.41) is 7.32. The van der Waals surface area contributed by atoms with Crippen molar-refractivity contribution in [1.82, 2.24) is 15.5 Å². The fourth-order valence-corrected chi connectivity index (χ4v) is 1.53. The van der Waals surface area contributed by atoms with Crippen molar-refractivity contribution < 1.29 is 9.26 Å². The number of hydrogen-bond acceptors (Lipinski definition) is 5. The van der Waals surface area contributed by atoms with Crippen molar-refractivity contribution >= 4 is 0 Å². The molecule has 1 aliphatic carbocycles. The van der Waals surface area contributed by atoms with Gasteiger partial charge in [-0.1, -0.05) is 5.16 Å². The van der Waals surface area contributed by atoms with Crippen LogP contribution in [0.5, 0.6) is 0 Å². The number of nitrogens with zero attached hydrogens (tertiary/aromatic N) is 2. The van der Waals surface area contributed by atoms with Crippen molar-refractivity contribution in [3.05, 3.63) is 11.7 Å². The lowest BCUT2D eigenvalue weighted by Crippen LogP contribution is -2.19. The first-order valence-corrected chi connectivity index (χ1v) is 5.97. The molecule has 1 atom stereocenters. The molecule has 0 spiro atoms. The number of aromatic nitrogens is 2. The summed E-state index contributed by atoms with van der Waals surface area (Å²) in [6.07, 6.45) is 3.31. The van der Waals surface area contributed by atoms with Gasteiger partial charge in [0.25, 0.3) is 0 Å². The van der Waals surface area contributed by atoms with Crippen molar-refractivity contribution in [2.45, 2.75) is 45.3 Å². The SMILES string of the molecule is CCOC(C)c1noc(CCNC2CC2)n1. The van der Waals surface area contributed by atoms with E-state index in [1.807, 2.05) is 13.8 Å². The van der Waals surface area contributed by atoms with Crippen LogP contribution in [0.4, 0.5) is 0 Å². The fraction of sp³-hybridized carbons (Fsp3) is 0.818. The third-order valence-electron chi connectivity index (χ3n) is 2.61. The Labute approximate surface area is 95.6 Å². The van der Waals surface area contributed by atoms with Gasteiger partial charge in [-0.3, -0.25) is 0 Å². The van der Waals surface area contributed by atoms with Gasteiger partial charge in [0.15, 0.2) is 5.82 Å². The number of rotatable bonds is 7. The molecule has 1 unspecified atom stereocenters. The van der Waals surface area contributed by atoms with Crippen LogP contribution in [0.25, 0.3) is 0 Å². The molecule has 1 fully saturated rings. The molecule has 0 aliphatic heterocycles. The van der Waals surface area contributed by atoms with Gasteiger partial charge >= 0.3 is 0 Å². The van der Waals surface area contributed by atoms with Crippen LogP contribution < -0.4 is 5.32 Å². The summed E-state index contributed by atoms with van der Waals surface area (Å²) in [5.74, 6) is 1.33. The highest BCUT2D eigenvalue weighted by molar-refractivity contribution is 4.91. The number of hydrogen-bond donors (Lipinski definition) is 1. The zero-order chi connectivity index (χ0) is 11.4. The second-order valence-electron chi connectivity index (χ2n) is 4.12. The molecular formula is C11H19N3O2. The van der Waals surface area contributed by atoms with Gasteiger partial charge < -0.3 is 14.6 Å². The van der Waals surface area contributed by atoms with Gasteiger partial charge in [0.1, 0.15) is 6.10 Å². The third kappa shape index (κ3) is 3.28. The van der Waals surface area contributed by atoms with Crippen LogP contribution in [0.2, 0.25) is 0 Å². The van der Waals surface area contributed by atoms with Gasteiger partial charge in [-0.15, -0.1) is 0 Å². The smallest absolute Gasteiger partial charge is 0.228 e. The van der Waals surface area contributed by atoms with E-state index in [2.05, 4.69) is 15.5 Å². The van der Waals surface area contributed by atoms with Crippen LogP contribution in [-0.2, 0) is 11.2 Å². The first-order valence-electron chi connectivity index (χ1n) is 5.97. The molecule has 0 radical (unpaired) electrons. The van der Waals surface area contributed by atoms with Crippen LogP contribution in [0.3, 0.4) is 0 Å². The Balaban J connectivity index is 1.76. The maximum atomic E-state index is 5.39. The minimum Gasteiger partial charge on any atom is -0.371 e. The molecule has 90 valence electrons. The number of nitrogens with one attached hydrogen (secondary N) is 1. The van der Waals surface area contributed by atoms with E-state index in [-0.39, 0.29) is 6.10 Å². The Morgan fingerprint density at radius 1 is 1.56 bits per heavy atom. The first kappa shape index (κ1) is 11.5. The molecule has 5 heteroatoms. The minimum atomic E-state index is -0.0844. The molecular weight excluding hydrogens is 206 g/mol. The van der Waals surface area contributed by atoms with Crippen molar-refractivity contribution in [3.8, 4) is 0 Å². The quantitative estimate of drug-likeness (QED) is 0.761. The van der Waals surface area contributed by atoms with Crippen molar-refractivity contribution in [3.63, 3.8) is 0 Å². The predicted molar refractivity (Wildman–Crippen MR) is 59.1 cm³/mol. The zero-order valence-electron chi connectivity index (χ0n) is 9.90. The Bertz CT molecular complexity index is 323. The second kappa shape index (κ2) is 5.41. The van der Waals surface area contributed by atoms with Crippen molar-refractivity contribution in [1.29, 1.82) is 0 Å². The van der Waals surface area contributed by atoms with E-state index >= 15 is 0 Å². The normalized spacial score (nSPS) is 17.6. The maximum Gasteiger partial charge on any atom is 0.228 e. The summed E-state index contributed by atoms with van der Waals surface area (Å²) in [4.78, 5) is 4.30.